The molecule has 5 heteroatoms. The van der Waals surface area contributed by atoms with Crippen molar-refractivity contribution in [1.82, 2.24) is 14.5 Å². The first-order valence-corrected chi connectivity index (χ1v) is 19.4. The van der Waals surface area contributed by atoms with E-state index in [-0.39, 0.29) is 0 Å². The van der Waals surface area contributed by atoms with Gasteiger partial charge in [0.05, 0.1) is 26.9 Å². The third-order valence-corrected chi connectivity index (χ3v) is 12.7. The molecule has 13 aromatic rings. The summed E-state index contributed by atoms with van der Waals surface area (Å²) in [6, 6.07) is 58.5. The summed E-state index contributed by atoms with van der Waals surface area (Å²) in [7, 11) is 0. The van der Waals surface area contributed by atoms with E-state index in [9.17, 15) is 0 Å². The molecule has 55 heavy (non-hydrogen) atoms. The van der Waals surface area contributed by atoms with Crippen LogP contribution in [0.3, 0.4) is 0 Å². The van der Waals surface area contributed by atoms with E-state index in [1.807, 2.05) is 11.3 Å². The van der Waals surface area contributed by atoms with Crippen molar-refractivity contribution in [3.8, 4) is 17.2 Å². The Labute approximate surface area is 317 Å². The molecule has 0 saturated carbocycles. The van der Waals surface area contributed by atoms with Gasteiger partial charge in [-0.15, -0.1) is 11.3 Å². The number of thiophene rings is 1. The molecule has 4 aromatic heterocycles. The van der Waals surface area contributed by atoms with Gasteiger partial charge in [-0.3, -0.25) is 4.57 Å². The molecule has 0 fully saturated rings. The van der Waals surface area contributed by atoms with Gasteiger partial charge in [-0.2, -0.15) is 0 Å². The minimum Gasteiger partial charge on any atom is -0.455 e. The van der Waals surface area contributed by atoms with E-state index >= 15 is 0 Å². The van der Waals surface area contributed by atoms with Crippen LogP contribution in [0, 0.1) is 0 Å². The summed E-state index contributed by atoms with van der Waals surface area (Å²) >= 11 is 1.85. The van der Waals surface area contributed by atoms with Gasteiger partial charge in [-0.05, 0) is 62.6 Å². The number of para-hydroxylation sites is 2. The quantitative estimate of drug-likeness (QED) is 0.179. The number of fused-ring (bicyclic) bond motifs is 18. The van der Waals surface area contributed by atoms with Gasteiger partial charge >= 0.3 is 0 Å². The summed E-state index contributed by atoms with van der Waals surface area (Å²) in [5.41, 5.74) is 6.59. The molecule has 0 amide bonds. The lowest BCUT2D eigenvalue weighted by Gasteiger charge is -2.13. The average Bonchev–Trinajstić information content (AvgIpc) is 3.94. The van der Waals surface area contributed by atoms with E-state index < -0.39 is 0 Å². The summed E-state index contributed by atoms with van der Waals surface area (Å²) in [5.74, 6) is 0.636. The molecule has 0 N–H and O–H groups in total. The second kappa shape index (κ2) is 10.8. The third kappa shape index (κ3) is 3.89. The van der Waals surface area contributed by atoms with Gasteiger partial charge in [-0.25, -0.2) is 9.97 Å². The molecule has 0 atom stereocenters. The van der Waals surface area contributed by atoms with Crippen molar-refractivity contribution in [3.05, 3.63) is 164 Å². The van der Waals surface area contributed by atoms with Crippen molar-refractivity contribution in [1.29, 1.82) is 0 Å². The highest BCUT2D eigenvalue weighted by molar-refractivity contribution is 7.27. The molecule has 9 aromatic carbocycles. The maximum absolute atomic E-state index is 6.79. The van der Waals surface area contributed by atoms with E-state index in [0.717, 1.165) is 55.1 Å². The first-order valence-electron chi connectivity index (χ1n) is 18.6. The third-order valence-electron chi connectivity index (χ3n) is 11.6. The monoisotopic (exact) mass is 717 g/mol. The molecule has 13 rings (SSSR count). The molecule has 0 aliphatic carbocycles. The van der Waals surface area contributed by atoms with Crippen LogP contribution in [0.25, 0.3) is 124 Å². The lowest BCUT2D eigenvalue weighted by atomic mass is 9.97. The molecule has 4 nitrogen and oxygen atoms in total. The van der Waals surface area contributed by atoms with Gasteiger partial charge in [0.25, 0.3) is 0 Å². The predicted octanol–water partition coefficient (Wildman–Crippen LogP) is 14.1. The average molecular weight is 718 g/mol. The highest BCUT2D eigenvalue weighted by Gasteiger charge is 2.25. The lowest BCUT2D eigenvalue weighted by molar-refractivity contribution is 0.670. The standard InChI is InChI=1S/C50H27N3OS/c1-3-14-30-29(13-1)25-27-40-42(30)36-20-11-21-37(48(36)54-40)46-34-18-7-9-22-38(34)51-50(52-46)53-39-26-24-28-12-2-4-15-31(28)44(39)45-33-17-6-5-16-32(33)43-35-19-8-10-23-41(35)55-49(43)47(45)53/h1-27H. The molecule has 0 unspecified atom stereocenters. The Bertz CT molecular complexity index is 3790. The van der Waals surface area contributed by atoms with E-state index in [2.05, 4.69) is 168 Å². The zero-order valence-electron chi connectivity index (χ0n) is 29.2. The first kappa shape index (κ1) is 29.4. The smallest absolute Gasteiger partial charge is 0.235 e. The summed E-state index contributed by atoms with van der Waals surface area (Å²) in [4.78, 5) is 11.0. The Morgan fingerprint density at radius 3 is 1.91 bits per heavy atom. The van der Waals surface area contributed by atoms with Crippen LogP contribution in [0.15, 0.2) is 168 Å². The Balaban J connectivity index is 1.22. The van der Waals surface area contributed by atoms with Crippen LogP contribution in [0.1, 0.15) is 0 Å². The molecular weight excluding hydrogens is 691 g/mol. The van der Waals surface area contributed by atoms with Gasteiger partial charge in [0.2, 0.25) is 5.95 Å². The number of hydrogen-bond donors (Lipinski definition) is 0. The number of furan rings is 1. The highest BCUT2D eigenvalue weighted by atomic mass is 32.1. The fourth-order valence-electron chi connectivity index (χ4n) is 9.27. The van der Waals surface area contributed by atoms with Crippen LogP contribution >= 0.6 is 11.3 Å². The van der Waals surface area contributed by atoms with Crippen LogP contribution in [0.4, 0.5) is 0 Å². The molecule has 0 radical (unpaired) electrons. The number of rotatable bonds is 2. The highest BCUT2D eigenvalue weighted by Crippen LogP contribution is 2.49. The maximum atomic E-state index is 6.79. The number of hydrogen-bond acceptors (Lipinski definition) is 4. The number of nitrogens with zero attached hydrogens (tertiary/aromatic N) is 3. The van der Waals surface area contributed by atoms with Crippen LogP contribution in [0.2, 0.25) is 0 Å². The largest absolute Gasteiger partial charge is 0.455 e. The maximum Gasteiger partial charge on any atom is 0.235 e. The summed E-state index contributed by atoms with van der Waals surface area (Å²) < 4.78 is 11.6. The Kier molecular flexibility index (Phi) is 5.74. The Hall–Kier alpha value is -7.08. The zero-order valence-corrected chi connectivity index (χ0v) is 30.1. The molecule has 0 aliphatic heterocycles. The molecular formula is C50H27N3OS. The molecule has 4 heterocycles. The molecule has 0 saturated heterocycles. The normalized spacial score (nSPS) is 12.4. The van der Waals surface area contributed by atoms with E-state index in [4.69, 9.17) is 14.4 Å². The van der Waals surface area contributed by atoms with Crippen LogP contribution in [0.5, 0.6) is 0 Å². The second-order valence-corrected chi connectivity index (χ2v) is 15.5. The SMILES string of the molecule is c1ccc2c(c1)ccc1oc3c(-c4nc(-n5c6ccc7ccccc7c6c6c7ccccc7c7c8ccccc8sc7c65)nc5ccccc45)cccc3c12. The second-order valence-electron chi connectivity index (χ2n) is 14.4. The van der Waals surface area contributed by atoms with E-state index in [1.165, 1.54) is 63.3 Å². The molecule has 0 spiro atoms. The van der Waals surface area contributed by atoms with Crippen LogP contribution in [-0.2, 0) is 0 Å². The summed E-state index contributed by atoms with van der Waals surface area (Å²) in [5, 5.41) is 15.5. The van der Waals surface area contributed by atoms with Gasteiger partial charge < -0.3 is 4.42 Å². The first-order chi connectivity index (χ1) is 27.3. The zero-order chi connectivity index (χ0) is 35.8. The minimum absolute atomic E-state index is 0.636. The fraction of sp³-hybridized carbons (Fsp3) is 0. The molecule has 0 bridgehead atoms. The fourth-order valence-corrected chi connectivity index (χ4v) is 10.5. The van der Waals surface area contributed by atoms with E-state index in [1.54, 1.807) is 0 Å². The van der Waals surface area contributed by atoms with Gasteiger partial charge in [0.15, 0.2) is 0 Å². The summed E-state index contributed by atoms with van der Waals surface area (Å²) in [6.45, 7) is 0. The van der Waals surface area contributed by atoms with Crippen molar-refractivity contribution in [3.63, 3.8) is 0 Å². The van der Waals surface area contributed by atoms with Crippen LogP contribution in [-0.4, -0.2) is 14.5 Å². The van der Waals surface area contributed by atoms with Crippen molar-refractivity contribution in [2.45, 2.75) is 0 Å². The van der Waals surface area contributed by atoms with Crippen molar-refractivity contribution >= 4 is 118 Å². The minimum atomic E-state index is 0.636. The van der Waals surface area contributed by atoms with Gasteiger partial charge in [0.1, 0.15) is 11.2 Å². The lowest BCUT2D eigenvalue weighted by Crippen LogP contribution is -2.03. The summed E-state index contributed by atoms with van der Waals surface area (Å²) in [6.07, 6.45) is 0. The topological polar surface area (TPSA) is 43.9 Å². The molecule has 254 valence electrons. The van der Waals surface area contributed by atoms with Crippen LogP contribution < -0.4 is 0 Å². The number of benzene rings is 9. The molecule has 0 aliphatic rings. The predicted molar refractivity (Wildman–Crippen MR) is 232 cm³/mol. The van der Waals surface area contributed by atoms with Crippen molar-refractivity contribution in [2.24, 2.45) is 0 Å². The van der Waals surface area contributed by atoms with Gasteiger partial charge in [-0.1, -0.05) is 133 Å². The Morgan fingerprint density at radius 1 is 0.455 bits per heavy atom. The van der Waals surface area contributed by atoms with Crippen molar-refractivity contribution in [2.75, 3.05) is 0 Å². The van der Waals surface area contributed by atoms with Gasteiger partial charge in [0, 0.05) is 48.0 Å². The van der Waals surface area contributed by atoms with E-state index in [0.29, 0.717) is 5.95 Å². The van der Waals surface area contributed by atoms with Crippen molar-refractivity contribution < 1.29 is 4.42 Å². The number of aromatic nitrogens is 3. The Morgan fingerprint density at radius 2 is 1.09 bits per heavy atom.